The van der Waals surface area contributed by atoms with Crippen molar-refractivity contribution in [3.8, 4) is 0 Å². The number of nitrogens with zero attached hydrogens (tertiary/aromatic N) is 2. The molecule has 2 rings (SSSR count). The molecule has 0 radical (unpaired) electrons. The van der Waals surface area contributed by atoms with Crippen molar-refractivity contribution in [3.63, 3.8) is 0 Å². The molecule has 0 bridgehead atoms. The van der Waals surface area contributed by atoms with Crippen LogP contribution < -0.4 is 0 Å². The van der Waals surface area contributed by atoms with E-state index in [1.54, 1.807) is 0 Å². The van der Waals surface area contributed by atoms with Crippen LogP contribution in [-0.2, 0) is 16.8 Å². The molecule has 1 aliphatic rings. The highest BCUT2D eigenvalue weighted by atomic mass is 16.1. The summed E-state index contributed by atoms with van der Waals surface area (Å²) in [5.41, 5.74) is 3.43. The Hall–Kier alpha value is -1.51. The summed E-state index contributed by atoms with van der Waals surface area (Å²) in [5.74, 6) is 0.0855. The SMILES string of the molecule is CCC(=O)C1=NCc2ccc(C(C)(C)C)nc21. The van der Waals surface area contributed by atoms with Crippen LogP contribution >= 0.6 is 0 Å². The Morgan fingerprint density at radius 1 is 1.35 bits per heavy atom. The summed E-state index contributed by atoms with van der Waals surface area (Å²) in [6.45, 7) is 8.81. The van der Waals surface area contributed by atoms with Gasteiger partial charge in [0.2, 0.25) is 0 Å². The first-order valence-corrected chi connectivity index (χ1v) is 6.02. The van der Waals surface area contributed by atoms with Crippen molar-refractivity contribution in [3.05, 3.63) is 29.1 Å². The van der Waals surface area contributed by atoms with Crippen molar-refractivity contribution in [1.29, 1.82) is 0 Å². The van der Waals surface area contributed by atoms with Crippen LogP contribution in [0, 0.1) is 0 Å². The van der Waals surface area contributed by atoms with Crippen molar-refractivity contribution in [1.82, 2.24) is 4.98 Å². The molecule has 1 aliphatic heterocycles. The third-order valence-electron chi connectivity index (χ3n) is 2.96. The summed E-state index contributed by atoms with van der Waals surface area (Å²) < 4.78 is 0. The normalized spacial score (nSPS) is 14.5. The molecule has 0 amide bonds. The topological polar surface area (TPSA) is 42.3 Å². The highest BCUT2D eigenvalue weighted by Crippen LogP contribution is 2.25. The van der Waals surface area contributed by atoms with Gasteiger partial charge in [0.1, 0.15) is 5.71 Å². The number of hydrogen-bond donors (Lipinski definition) is 0. The van der Waals surface area contributed by atoms with Crippen LogP contribution in [0.5, 0.6) is 0 Å². The summed E-state index contributed by atoms with van der Waals surface area (Å²) in [5, 5.41) is 0. The molecule has 17 heavy (non-hydrogen) atoms. The van der Waals surface area contributed by atoms with Gasteiger partial charge in [-0.05, 0) is 6.07 Å². The number of ketones is 1. The van der Waals surface area contributed by atoms with Crippen molar-refractivity contribution >= 4 is 11.5 Å². The van der Waals surface area contributed by atoms with Crippen LogP contribution in [0.4, 0.5) is 0 Å². The van der Waals surface area contributed by atoms with E-state index in [4.69, 9.17) is 0 Å². The summed E-state index contributed by atoms with van der Waals surface area (Å²) in [4.78, 5) is 20.7. The summed E-state index contributed by atoms with van der Waals surface area (Å²) >= 11 is 0. The molecule has 0 saturated heterocycles. The molecule has 0 saturated carbocycles. The van der Waals surface area contributed by atoms with E-state index < -0.39 is 0 Å². The van der Waals surface area contributed by atoms with E-state index in [1.165, 1.54) is 0 Å². The van der Waals surface area contributed by atoms with E-state index in [1.807, 2.05) is 19.1 Å². The third kappa shape index (κ3) is 2.14. The Morgan fingerprint density at radius 3 is 2.65 bits per heavy atom. The molecule has 0 spiro atoms. The third-order valence-corrected chi connectivity index (χ3v) is 2.96. The minimum atomic E-state index is -0.00199. The lowest BCUT2D eigenvalue weighted by atomic mass is 9.91. The number of hydrogen-bond acceptors (Lipinski definition) is 3. The van der Waals surface area contributed by atoms with Crippen LogP contribution in [0.1, 0.15) is 51.1 Å². The summed E-state index contributed by atoms with van der Waals surface area (Å²) in [6.07, 6.45) is 0.486. The predicted molar refractivity (Wildman–Crippen MR) is 68.5 cm³/mol. The van der Waals surface area contributed by atoms with Crippen molar-refractivity contribution in [2.24, 2.45) is 4.99 Å². The van der Waals surface area contributed by atoms with Gasteiger partial charge in [0.25, 0.3) is 0 Å². The van der Waals surface area contributed by atoms with Crippen LogP contribution in [0.25, 0.3) is 0 Å². The number of aliphatic imine (C=N–C) groups is 1. The Labute approximate surface area is 102 Å². The minimum Gasteiger partial charge on any atom is -0.292 e. The summed E-state index contributed by atoms with van der Waals surface area (Å²) in [6, 6.07) is 4.08. The maximum absolute atomic E-state index is 11.8. The Balaban J connectivity index is 2.46. The maximum atomic E-state index is 11.8. The number of carbonyl (C=O) groups is 1. The van der Waals surface area contributed by atoms with Gasteiger partial charge >= 0.3 is 0 Å². The lowest BCUT2D eigenvalue weighted by Crippen LogP contribution is -2.19. The van der Waals surface area contributed by atoms with Gasteiger partial charge in [0.05, 0.1) is 12.2 Å². The predicted octanol–water partition coefficient (Wildman–Crippen LogP) is 2.66. The monoisotopic (exact) mass is 230 g/mol. The van der Waals surface area contributed by atoms with E-state index in [9.17, 15) is 4.79 Å². The average Bonchev–Trinajstić information content (AvgIpc) is 2.69. The van der Waals surface area contributed by atoms with E-state index in [-0.39, 0.29) is 11.2 Å². The molecule has 0 N–H and O–H groups in total. The number of carbonyl (C=O) groups excluding carboxylic acids is 1. The van der Waals surface area contributed by atoms with E-state index in [0.717, 1.165) is 17.0 Å². The number of rotatable bonds is 2. The van der Waals surface area contributed by atoms with Gasteiger partial charge in [0.15, 0.2) is 5.78 Å². The van der Waals surface area contributed by atoms with Crippen LogP contribution in [0.15, 0.2) is 17.1 Å². The molecule has 0 aliphatic carbocycles. The van der Waals surface area contributed by atoms with Crippen molar-refractivity contribution in [2.45, 2.75) is 46.1 Å². The molecule has 0 aromatic carbocycles. The number of fused-ring (bicyclic) bond motifs is 1. The molecule has 1 aromatic rings. The lowest BCUT2D eigenvalue weighted by Gasteiger charge is -2.18. The molecule has 0 unspecified atom stereocenters. The van der Waals surface area contributed by atoms with E-state index in [2.05, 4.69) is 30.7 Å². The van der Waals surface area contributed by atoms with Gasteiger partial charge in [-0.3, -0.25) is 14.8 Å². The smallest absolute Gasteiger partial charge is 0.182 e. The second kappa shape index (κ2) is 4.06. The zero-order valence-corrected chi connectivity index (χ0v) is 10.9. The first-order valence-electron chi connectivity index (χ1n) is 6.02. The highest BCUT2D eigenvalue weighted by molar-refractivity contribution is 6.46. The molecule has 3 nitrogen and oxygen atoms in total. The first-order chi connectivity index (χ1) is 7.93. The van der Waals surface area contributed by atoms with Gasteiger partial charge in [-0.2, -0.15) is 0 Å². The average molecular weight is 230 g/mol. The maximum Gasteiger partial charge on any atom is 0.182 e. The number of aromatic nitrogens is 1. The Bertz CT molecular complexity index is 495. The van der Waals surface area contributed by atoms with Gasteiger partial charge in [-0.15, -0.1) is 0 Å². The molecule has 90 valence electrons. The van der Waals surface area contributed by atoms with Gasteiger partial charge < -0.3 is 0 Å². The lowest BCUT2D eigenvalue weighted by molar-refractivity contribution is -0.112. The largest absolute Gasteiger partial charge is 0.292 e. The zero-order chi connectivity index (χ0) is 12.6. The van der Waals surface area contributed by atoms with Crippen molar-refractivity contribution < 1.29 is 4.79 Å². The van der Waals surface area contributed by atoms with Gasteiger partial charge in [-0.1, -0.05) is 33.8 Å². The fourth-order valence-electron chi connectivity index (χ4n) is 1.87. The highest BCUT2D eigenvalue weighted by Gasteiger charge is 2.25. The molecule has 1 aromatic heterocycles. The zero-order valence-electron chi connectivity index (χ0n) is 10.9. The van der Waals surface area contributed by atoms with E-state index >= 15 is 0 Å². The number of Topliss-reactive ketones (excluding diaryl/α,β-unsaturated/α-hetero) is 1. The molecule has 0 atom stereocenters. The molecular weight excluding hydrogens is 212 g/mol. The second-order valence-electron chi connectivity index (χ2n) is 5.40. The standard InChI is InChI=1S/C14H18N2O/c1-5-10(17)13-12-9(8-15-13)6-7-11(16-12)14(2,3)4/h6-7H,5,8H2,1-4H3. The molecule has 2 heterocycles. The van der Waals surface area contributed by atoms with Crippen LogP contribution in [-0.4, -0.2) is 16.5 Å². The number of pyridine rings is 1. The van der Waals surface area contributed by atoms with Gasteiger partial charge in [-0.25, -0.2) is 0 Å². The van der Waals surface area contributed by atoms with Crippen LogP contribution in [0.2, 0.25) is 0 Å². The molecular formula is C14H18N2O. The van der Waals surface area contributed by atoms with Gasteiger partial charge in [0, 0.05) is 23.1 Å². The summed E-state index contributed by atoms with van der Waals surface area (Å²) in [7, 11) is 0. The second-order valence-corrected chi connectivity index (χ2v) is 5.40. The molecule has 0 fully saturated rings. The van der Waals surface area contributed by atoms with Crippen molar-refractivity contribution in [2.75, 3.05) is 0 Å². The fourth-order valence-corrected chi connectivity index (χ4v) is 1.87. The first kappa shape index (κ1) is 12.0. The molecule has 3 heteroatoms. The Kier molecular flexibility index (Phi) is 2.86. The minimum absolute atomic E-state index is 0.00199. The van der Waals surface area contributed by atoms with Crippen LogP contribution in [0.3, 0.4) is 0 Å². The van der Waals surface area contributed by atoms with E-state index in [0.29, 0.717) is 18.7 Å². The quantitative estimate of drug-likeness (QED) is 0.783. The Morgan fingerprint density at radius 2 is 2.06 bits per heavy atom. The fraction of sp³-hybridized carbons (Fsp3) is 0.500.